The van der Waals surface area contributed by atoms with Crippen molar-refractivity contribution in [1.29, 1.82) is 0 Å². The van der Waals surface area contributed by atoms with Crippen LogP contribution in [0.3, 0.4) is 0 Å². The standard InChI is InChI=1S/C26H27FN2O5S/c1-33-24-15-14-21(16-25(24)34-2)35(31,32)29(20-12-10-19(27)11-13-20)17-26(30)28-23-9-5-7-18-6-3-4-8-22(18)23/h3-4,6,8,10-16,23H,5,7,9,17H2,1-2H3,(H,28,30). The molecule has 0 aromatic heterocycles. The molecule has 3 aromatic carbocycles. The predicted molar refractivity (Wildman–Crippen MR) is 131 cm³/mol. The summed E-state index contributed by atoms with van der Waals surface area (Å²) in [6.45, 7) is -0.471. The van der Waals surface area contributed by atoms with Crippen molar-refractivity contribution in [1.82, 2.24) is 5.32 Å². The lowest BCUT2D eigenvalue weighted by atomic mass is 9.88. The predicted octanol–water partition coefficient (Wildman–Crippen LogP) is 4.23. The number of sulfonamides is 1. The van der Waals surface area contributed by atoms with Crippen LogP contribution in [0.4, 0.5) is 10.1 Å². The summed E-state index contributed by atoms with van der Waals surface area (Å²) in [4.78, 5) is 13.0. The van der Waals surface area contributed by atoms with Crippen molar-refractivity contribution in [2.75, 3.05) is 25.1 Å². The first-order valence-electron chi connectivity index (χ1n) is 11.2. The van der Waals surface area contributed by atoms with Gasteiger partial charge in [0, 0.05) is 6.07 Å². The number of nitrogens with zero attached hydrogens (tertiary/aromatic N) is 1. The third kappa shape index (κ3) is 5.24. The summed E-state index contributed by atoms with van der Waals surface area (Å²) in [5.41, 5.74) is 2.39. The monoisotopic (exact) mass is 498 g/mol. The molecule has 0 fully saturated rings. The van der Waals surface area contributed by atoms with Crippen LogP contribution < -0.4 is 19.1 Å². The van der Waals surface area contributed by atoms with Gasteiger partial charge in [-0.25, -0.2) is 12.8 Å². The van der Waals surface area contributed by atoms with Gasteiger partial charge in [0.1, 0.15) is 12.4 Å². The average molecular weight is 499 g/mol. The quantitative estimate of drug-likeness (QED) is 0.502. The minimum absolute atomic E-state index is 0.0877. The van der Waals surface area contributed by atoms with Gasteiger partial charge in [-0.05, 0) is 66.8 Å². The van der Waals surface area contributed by atoms with Crippen LogP contribution in [0, 0.1) is 5.82 Å². The Morgan fingerprint density at radius 1 is 1.03 bits per heavy atom. The number of amides is 1. The van der Waals surface area contributed by atoms with E-state index in [1.807, 2.05) is 24.3 Å². The summed E-state index contributed by atoms with van der Waals surface area (Å²) >= 11 is 0. The number of rotatable bonds is 8. The Morgan fingerprint density at radius 3 is 2.46 bits per heavy atom. The number of hydrogen-bond acceptors (Lipinski definition) is 5. The normalized spacial score (nSPS) is 15.1. The van der Waals surface area contributed by atoms with Crippen molar-refractivity contribution in [3.05, 3.63) is 83.7 Å². The first-order valence-corrected chi connectivity index (χ1v) is 12.6. The van der Waals surface area contributed by atoms with Crippen LogP contribution in [0.5, 0.6) is 11.5 Å². The van der Waals surface area contributed by atoms with Crippen LogP contribution in [-0.2, 0) is 21.2 Å². The van der Waals surface area contributed by atoms with Gasteiger partial charge in [0.05, 0.1) is 30.8 Å². The van der Waals surface area contributed by atoms with Crippen LogP contribution in [-0.4, -0.2) is 35.1 Å². The smallest absolute Gasteiger partial charge is 0.264 e. The van der Waals surface area contributed by atoms with E-state index in [0.29, 0.717) is 5.75 Å². The summed E-state index contributed by atoms with van der Waals surface area (Å²) < 4.78 is 52.3. The maximum atomic E-state index is 13.7. The molecule has 0 aliphatic heterocycles. The van der Waals surface area contributed by atoms with Gasteiger partial charge >= 0.3 is 0 Å². The Bertz CT molecular complexity index is 1310. The number of carbonyl (C=O) groups excluding carboxylic acids is 1. The summed E-state index contributed by atoms with van der Waals surface area (Å²) in [5.74, 6) is -0.370. The van der Waals surface area contributed by atoms with E-state index in [1.165, 1.54) is 50.1 Å². The minimum Gasteiger partial charge on any atom is -0.493 e. The number of carbonyl (C=O) groups is 1. The maximum Gasteiger partial charge on any atom is 0.264 e. The van der Waals surface area contributed by atoms with E-state index in [2.05, 4.69) is 5.32 Å². The number of methoxy groups -OCH3 is 2. The molecule has 9 heteroatoms. The molecule has 0 spiro atoms. The minimum atomic E-state index is -4.21. The molecule has 0 radical (unpaired) electrons. The zero-order valence-electron chi connectivity index (χ0n) is 19.5. The second-order valence-electron chi connectivity index (χ2n) is 8.22. The summed E-state index contributed by atoms with van der Waals surface area (Å²) in [7, 11) is -1.35. The lowest BCUT2D eigenvalue weighted by Crippen LogP contribution is -2.42. The number of ether oxygens (including phenoxy) is 2. The van der Waals surface area contributed by atoms with Gasteiger partial charge in [-0.3, -0.25) is 9.10 Å². The lowest BCUT2D eigenvalue weighted by Gasteiger charge is -2.29. The highest BCUT2D eigenvalue weighted by atomic mass is 32.2. The number of benzene rings is 3. The second-order valence-corrected chi connectivity index (χ2v) is 10.1. The van der Waals surface area contributed by atoms with Gasteiger partial charge in [-0.2, -0.15) is 0 Å². The van der Waals surface area contributed by atoms with Gasteiger partial charge in [0.2, 0.25) is 5.91 Å². The van der Waals surface area contributed by atoms with Gasteiger partial charge in [-0.15, -0.1) is 0 Å². The number of aryl methyl sites for hydroxylation is 1. The number of anilines is 1. The van der Waals surface area contributed by atoms with Crippen LogP contribution in [0.25, 0.3) is 0 Å². The van der Waals surface area contributed by atoms with Crippen molar-refractivity contribution in [3.63, 3.8) is 0 Å². The fraction of sp³-hybridized carbons (Fsp3) is 0.269. The Kier molecular flexibility index (Phi) is 7.25. The fourth-order valence-electron chi connectivity index (χ4n) is 4.30. The third-order valence-electron chi connectivity index (χ3n) is 6.05. The van der Waals surface area contributed by atoms with Crippen LogP contribution >= 0.6 is 0 Å². The SMILES string of the molecule is COc1ccc(S(=O)(=O)N(CC(=O)NC2CCCc3ccccc32)c2ccc(F)cc2)cc1OC. The molecule has 1 N–H and O–H groups in total. The fourth-order valence-corrected chi connectivity index (χ4v) is 5.74. The topological polar surface area (TPSA) is 84.9 Å². The average Bonchev–Trinajstić information content (AvgIpc) is 2.87. The van der Waals surface area contributed by atoms with Gasteiger partial charge in [0.15, 0.2) is 11.5 Å². The second kappa shape index (κ2) is 10.4. The summed E-state index contributed by atoms with van der Waals surface area (Å²) in [6, 6.07) is 16.9. The van der Waals surface area contributed by atoms with Crippen molar-refractivity contribution in [2.24, 2.45) is 0 Å². The zero-order chi connectivity index (χ0) is 25.0. The molecule has 1 aliphatic rings. The van der Waals surface area contributed by atoms with E-state index in [1.54, 1.807) is 0 Å². The molecule has 0 saturated carbocycles. The highest BCUT2D eigenvalue weighted by Gasteiger charge is 2.30. The van der Waals surface area contributed by atoms with Crippen molar-refractivity contribution < 1.29 is 27.1 Å². The Morgan fingerprint density at radius 2 is 1.74 bits per heavy atom. The van der Waals surface area contributed by atoms with Crippen molar-refractivity contribution >= 4 is 21.6 Å². The highest BCUT2D eigenvalue weighted by molar-refractivity contribution is 7.92. The molecule has 1 amide bonds. The molecule has 35 heavy (non-hydrogen) atoms. The van der Waals surface area contributed by atoms with Gasteiger partial charge in [0.25, 0.3) is 10.0 Å². The molecule has 0 bridgehead atoms. The molecule has 1 unspecified atom stereocenters. The molecule has 184 valence electrons. The maximum absolute atomic E-state index is 13.7. The van der Waals surface area contributed by atoms with Crippen LogP contribution in [0.2, 0.25) is 0 Å². The van der Waals surface area contributed by atoms with E-state index >= 15 is 0 Å². The molecule has 1 atom stereocenters. The van der Waals surface area contributed by atoms with Crippen molar-refractivity contribution in [3.8, 4) is 11.5 Å². The molecular weight excluding hydrogens is 471 g/mol. The molecule has 4 rings (SSSR count). The lowest BCUT2D eigenvalue weighted by molar-refractivity contribution is -0.120. The molecule has 7 nitrogen and oxygen atoms in total. The zero-order valence-corrected chi connectivity index (χ0v) is 20.3. The number of fused-ring (bicyclic) bond motifs is 1. The van der Waals surface area contributed by atoms with Gasteiger partial charge < -0.3 is 14.8 Å². The summed E-state index contributed by atoms with van der Waals surface area (Å²) in [5, 5.41) is 2.99. The molecule has 3 aromatic rings. The van der Waals surface area contributed by atoms with Gasteiger partial charge in [-0.1, -0.05) is 24.3 Å². The van der Waals surface area contributed by atoms with E-state index < -0.39 is 28.3 Å². The largest absolute Gasteiger partial charge is 0.493 e. The van der Waals surface area contributed by atoms with E-state index in [0.717, 1.165) is 41.3 Å². The Balaban J connectivity index is 1.65. The highest BCUT2D eigenvalue weighted by Crippen LogP contribution is 2.33. The third-order valence-corrected chi connectivity index (χ3v) is 7.82. The first-order chi connectivity index (χ1) is 16.8. The van der Waals surface area contributed by atoms with E-state index in [-0.39, 0.29) is 22.4 Å². The number of nitrogens with one attached hydrogen (secondary N) is 1. The van der Waals surface area contributed by atoms with Crippen LogP contribution in [0.1, 0.15) is 30.0 Å². The Hall–Kier alpha value is -3.59. The molecule has 0 heterocycles. The molecule has 1 aliphatic carbocycles. The van der Waals surface area contributed by atoms with E-state index in [9.17, 15) is 17.6 Å². The number of hydrogen-bond donors (Lipinski definition) is 1. The first kappa shape index (κ1) is 24.5. The molecule has 0 saturated heterocycles. The molecular formula is C26H27FN2O5S. The van der Waals surface area contributed by atoms with Crippen LogP contribution in [0.15, 0.2) is 71.6 Å². The summed E-state index contributed by atoms with van der Waals surface area (Å²) in [6.07, 6.45) is 2.63. The van der Waals surface area contributed by atoms with E-state index in [4.69, 9.17) is 9.47 Å². The number of halogens is 1. The van der Waals surface area contributed by atoms with Crippen molar-refractivity contribution in [2.45, 2.75) is 30.2 Å². The Labute approximate surface area is 204 Å².